The number of nitrogens with one attached hydrogen (secondary N) is 1. The van der Waals surface area contributed by atoms with E-state index < -0.39 is 5.82 Å². The molecule has 4 rings (SSSR count). The number of anilines is 1. The fraction of sp³-hybridized carbons (Fsp3) is 0.364. The molecule has 5 nitrogen and oxygen atoms in total. The van der Waals surface area contributed by atoms with Gasteiger partial charge < -0.3 is 10.2 Å². The van der Waals surface area contributed by atoms with Gasteiger partial charge in [0.15, 0.2) is 5.13 Å². The molecule has 1 saturated heterocycles. The van der Waals surface area contributed by atoms with Crippen molar-refractivity contribution in [3.63, 3.8) is 0 Å². The SMILES string of the molecule is CCc1cccc2sc(N3CCN(CCNC(=O)c4cccc(F)c4)CC3)nc12. The van der Waals surface area contributed by atoms with Crippen molar-refractivity contribution in [1.82, 2.24) is 15.2 Å². The molecule has 1 aromatic heterocycles. The Hall–Kier alpha value is -2.51. The monoisotopic (exact) mass is 412 g/mol. The van der Waals surface area contributed by atoms with Crippen molar-refractivity contribution in [3.05, 3.63) is 59.4 Å². The van der Waals surface area contributed by atoms with Gasteiger partial charge in [-0.1, -0.05) is 36.5 Å². The van der Waals surface area contributed by atoms with Crippen LogP contribution in [0.15, 0.2) is 42.5 Å². The molecule has 2 aromatic carbocycles. The average molecular weight is 413 g/mol. The number of nitrogens with zero attached hydrogens (tertiary/aromatic N) is 3. The Labute approximate surface area is 174 Å². The third-order valence-corrected chi connectivity index (χ3v) is 6.40. The standard InChI is InChI=1S/C22H25FN4OS/c1-2-16-5-4-8-19-20(16)25-22(29-19)27-13-11-26(12-14-27)10-9-24-21(28)17-6-3-7-18(23)15-17/h3-8,15H,2,9-14H2,1H3,(H,24,28). The second-order valence-corrected chi connectivity index (χ2v) is 8.22. The van der Waals surface area contributed by atoms with Crippen LogP contribution in [0, 0.1) is 5.82 Å². The maximum absolute atomic E-state index is 13.2. The van der Waals surface area contributed by atoms with Crippen molar-refractivity contribution in [2.24, 2.45) is 0 Å². The molecule has 1 fully saturated rings. The van der Waals surface area contributed by atoms with Gasteiger partial charge in [0.2, 0.25) is 0 Å². The zero-order valence-electron chi connectivity index (χ0n) is 16.5. The van der Waals surface area contributed by atoms with Gasteiger partial charge >= 0.3 is 0 Å². The van der Waals surface area contributed by atoms with Gasteiger partial charge in [0.25, 0.3) is 5.91 Å². The second kappa shape index (κ2) is 8.88. The molecular formula is C22H25FN4OS. The van der Waals surface area contributed by atoms with Gasteiger partial charge in [-0.05, 0) is 36.2 Å². The molecule has 0 aliphatic carbocycles. The van der Waals surface area contributed by atoms with Crippen LogP contribution in [-0.4, -0.2) is 55.1 Å². The molecule has 1 N–H and O–H groups in total. The van der Waals surface area contributed by atoms with Gasteiger partial charge in [0.05, 0.1) is 10.2 Å². The molecule has 0 atom stereocenters. The third-order valence-electron chi connectivity index (χ3n) is 5.32. The number of piperazine rings is 1. The van der Waals surface area contributed by atoms with Crippen LogP contribution in [0.2, 0.25) is 0 Å². The summed E-state index contributed by atoms with van der Waals surface area (Å²) in [5.41, 5.74) is 2.80. The van der Waals surface area contributed by atoms with E-state index in [-0.39, 0.29) is 5.91 Å². The lowest BCUT2D eigenvalue weighted by Crippen LogP contribution is -2.48. The number of hydrogen-bond donors (Lipinski definition) is 1. The molecule has 0 bridgehead atoms. The molecule has 1 aliphatic rings. The molecule has 1 aliphatic heterocycles. The van der Waals surface area contributed by atoms with Crippen LogP contribution in [0.25, 0.3) is 10.2 Å². The highest BCUT2D eigenvalue weighted by Crippen LogP contribution is 2.31. The maximum Gasteiger partial charge on any atom is 0.251 e. The smallest absolute Gasteiger partial charge is 0.251 e. The molecule has 152 valence electrons. The summed E-state index contributed by atoms with van der Waals surface area (Å²) in [5, 5.41) is 3.97. The maximum atomic E-state index is 13.2. The highest BCUT2D eigenvalue weighted by molar-refractivity contribution is 7.22. The Morgan fingerprint density at radius 2 is 1.97 bits per heavy atom. The Kier molecular flexibility index (Phi) is 6.06. The number of carbonyl (C=O) groups is 1. The number of benzene rings is 2. The summed E-state index contributed by atoms with van der Waals surface area (Å²) in [5.74, 6) is -0.626. The zero-order chi connectivity index (χ0) is 20.2. The van der Waals surface area contributed by atoms with E-state index in [0.29, 0.717) is 12.1 Å². The molecule has 0 spiro atoms. The van der Waals surface area contributed by atoms with Crippen molar-refractivity contribution in [2.75, 3.05) is 44.2 Å². The van der Waals surface area contributed by atoms with Crippen LogP contribution in [0.3, 0.4) is 0 Å². The number of hydrogen-bond acceptors (Lipinski definition) is 5. The van der Waals surface area contributed by atoms with E-state index in [1.807, 2.05) is 0 Å². The first-order chi connectivity index (χ1) is 14.1. The Morgan fingerprint density at radius 1 is 1.17 bits per heavy atom. The number of aryl methyl sites for hydroxylation is 1. The Morgan fingerprint density at radius 3 is 2.72 bits per heavy atom. The number of amides is 1. The van der Waals surface area contributed by atoms with Crippen LogP contribution in [0.5, 0.6) is 0 Å². The summed E-state index contributed by atoms with van der Waals surface area (Å²) in [4.78, 5) is 21.7. The average Bonchev–Trinajstić information content (AvgIpc) is 3.18. The third kappa shape index (κ3) is 4.57. The lowest BCUT2D eigenvalue weighted by Gasteiger charge is -2.34. The lowest BCUT2D eigenvalue weighted by atomic mass is 10.1. The number of carbonyl (C=O) groups excluding carboxylic acids is 1. The van der Waals surface area contributed by atoms with E-state index >= 15 is 0 Å². The van der Waals surface area contributed by atoms with Crippen LogP contribution >= 0.6 is 11.3 Å². The molecule has 29 heavy (non-hydrogen) atoms. The topological polar surface area (TPSA) is 48.5 Å². The van der Waals surface area contributed by atoms with Gasteiger partial charge in [-0.15, -0.1) is 0 Å². The van der Waals surface area contributed by atoms with E-state index in [0.717, 1.165) is 49.8 Å². The molecule has 0 radical (unpaired) electrons. The number of fused-ring (bicyclic) bond motifs is 1. The predicted octanol–water partition coefficient (Wildman–Crippen LogP) is 3.55. The normalized spacial score (nSPS) is 15.0. The minimum atomic E-state index is -0.394. The Bertz CT molecular complexity index is 997. The number of para-hydroxylation sites is 1. The van der Waals surface area contributed by atoms with Crippen molar-refractivity contribution in [2.45, 2.75) is 13.3 Å². The van der Waals surface area contributed by atoms with Crippen LogP contribution in [0.4, 0.5) is 9.52 Å². The first-order valence-corrected chi connectivity index (χ1v) is 10.8. The summed E-state index contributed by atoms with van der Waals surface area (Å²) in [6.07, 6.45) is 0.996. The summed E-state index contributed by atoms with van der Waals surface area (Å²) >= 11 is 1.76. The van der Waals surface area contributed by atoms with Crippen LogP contribution < -0.4 is 10.2 Å². The Balaban J connectivity index is 1.27. The number of halogens is 1. The van der Waals surface area contributed by atoms with Crippen molar-refractivity contribution >= 4 is 32.6 Å². The van der Waals surface area contributed by atoms with Gasteiger partial charge in [0.1, 0.15) is 5.82 Å². The minimum Gasteiger partial charge on any atom is -0.351 e. The molecule has 2 heterocycles. The van der Waals surface area contributed by atoms with Crippen LogP contribution in [-0.2, 0) is 6.42 Å². The quantitative estimate of drug-likeness (QED) is 0.673. The number of thiazole rings is 1. The van der Waals surface area contributed by atoms with E-state index in [9.17, 15) is 9.18 Å². The zero-order valence-corrected chi connectivity index (χ0v) is 17.3. The molecule has 7 heteroatoms. The largest absolute Gasteiger partial charge is 0.351 e. The number of rotatable bonds is 6. The van der Waals surface area contributed by atoms with Gasteiger partial charge in [-0.25, -0.2) is 9.37 Å². The fourth-order valence-corrected chi connectivity index (χ4v) is 4.70. The van der Waals surface area contributed by atoms with Crippen molar-refractivity contribution in [1.29, 1.82) is 0 Å². The predicted molar refractivity (Wildman–Crippen MR) is 116 cm³/mol. The molecule has 1 amide bonds. The molecular weight excluding hydrogens is 387 g/mol. The summed E-state index contributed by atoms with van der Waals surface area (Å²) in [6.45, 7) is 7.24. The van der Waals surface area contributed by atoms with Gasteiger partial charge in [-0.3, -0.25) is 9.69 Å². The molecule has 0 unspecified atom stereocenters. The lowest BCUT2D eigenvalue weighted by molar-refractivity contribution is 0.0947. The van der Waals surface area contributed by atoms with Gasteiger partial charge in [-0.2, -0.15) is 0 Å². The number of aromatic nitrogens is 1. The van der Waals surface area contributed by atoms with E-state index in [2.05, 4.69) is 40.2 Å². The highest BCUT2D eigenvalue weighted by Gasteiger charge is 2.20. The van der Waals surface area contributed by atoms with Crippen molar-refractivity contribution < 1.29 is 9.18 Å². The summed E-state index contributed by atoms with van der Waals surface area (Å²) in [7, 11) is 0. The summed E-state index contributed by atoms with van der Waals surface area (Å²) in [6, 6.07) is 12.2. The second-order valence-electron chi connectivity index (χ2n) is 7.21. The summed E-state index contributed by atoms with van der Waals surface area (Å²) < 4.78 is 14.5. The van der Waals surface area contributed by atoms with Crippen LogP contribution in [0.1, 0.15) is 22.8 Å². The molecule has 0 saturated carbocycles. The first kappa shape index (κ1) is 19.8. The first-order valence-electron chi connectivity index (χ1n) is 10.0. The minimum absolute atomic E-state index is 0.232. The van der Waals surface area contributed by atoms with E-state index in [4.69, 9.17) is 4.98 Å². The fourth-order valence-electron chi connectivity index (χ4n) is 3.64. The van der Waals surface area contributed by atoms with E-state index in [1.54, 1.807) is 23.5 Å². The molecule has 3 aromatic rings. The van der Waals surface area contributed by atoms with Gasteiger partial charge in [0, 0.05) is 44.8 Å². The van der Waals surface area contributed by atoms with Crippen molar-refractivity contribution in [3.8, 4) is 0 Å². The highest BCUT2D eigenvalue weighted by atomic mass is 32.1. The van der Waals surface area contributed by atoms with E-state index in [1.165, 1.54) is 22.4 Å².